The molecule has 1 aliphatic rings. The first-order valence-electron chi connectivity index (χ1n) is 7.01. The van der Waals surface area contributed by atoms with E-state index in [1.165, 1.54) is 25.1 Å². The van der Waals surface area contributed by atoms with Crippen LogP contribution in [0.1, 0.15) is 24.1 Å². The minimum absolute atomic E-state index is 0.542. The Morgan fingerprint density at radius 2 is 2.05 bits per heavy atom. The first-order chi connectivity index (χ1) is 9.10. The molecule has 0 unspecified atom stereocenters. The number of halogens is 1. The zero-order chi connectivity index (χ0) is 13.8. The zero-order valence-corrected chi connectivity index (χ0v) is 13.0. The number of piperidine rings is 1. The largest absolute Gasteiger partial charge is 0.371 e. The van der Waals surface area contributed by atoms with Crippen LogP contribution < -0.4 is 4.90 Å². The molecule has 0 radical (unpaired) electrons. The van der Waals surface area contributed by atoms with E-state index >= 15 is 0 Å². The third-order valence-corrected chi connectivity index (χ3v) is 4.11. The molecule has 0 amide bonds. The van der Waals surface area contributed by atoms with Crippen molar-refractivity contribution in [1.82, 2.24) is 9.88 Å². The van der Waals surface area contributed by atoms with Crippen molar-refractivity contribution in [3.8, 4) is 0 Å². The molecule has 1 saturated heterocycles. The zero-order valence-electron chi connectivity index (χ0n) is 12.2. The van der Waals surface area contributed by atoms with Gasteiger partial charge in [-0.25, -0.2) is 0 Å². The molecule has 4 heteroatoms. The predicted molar refractivity (Wildman–Crippen MR) is 82.0 cm³/mol. The summed E-state index contributed by atoms with van der Waals surface area (Å²) in [5.41, 5.74) is 3.50. The molecule has 0 saturated carbocycles. The fourth-order valence-corrected chi connectivity index (χ4v) is 3.05. The Balaban J connectivity index is 2.03. The molecule has 0 atom stereocenters. The van der Waals surface area contributed by atoms with Crippen LogP contribution in [0.3, 0.4) is 0 Å². The Kier molecular flexibility index (Phi) is 5.06. The second kappa shape index (κ2) is 6.58. The summed E-state index contributed by atoms with van der Waals surface area (Å²) in [4.78, 5) is 9.11. The Hall–Kier alpha value is -0.800. The lowest BCUT2D eigenvalue weighted by Crippen LogP contribution is -2.37. The molecule has 1 aromatic heterocycles. The fraction of sp³-hybridized carbons (Fsp3) is 0.667. The number of anilines is 1. The van der Waals surface area contributed by atoms with Crippen molar-refractivity contribution >= 4 is 17.3 Å². The molecule has 1 aromatic rings. The van der Waals surface area contributed by atoms with Gasteiger partial charge in [0.1, 0.15) is 0 Å². The number of hydrogen-bond acceptors (Lipinski definition) is 3. The van der Waals surface area contributed by atoms with Crippen LogP contribution in [0.2, 0.25) is 0 Å². The molecule has 1 fully saturated rings. The molecular weight excluding hydrogens is 258 g/mol. The van der Waals surface area contributed by atoms with E-state index in [0.29, 0.717) is 5.88 Å². The Labute approximate surface area is 121 Å². The van der Waals surface area contributed by atoms with Crippen LogP contribution in [0.15, 0.2) is 12.3 Å². The van der Waals surface area contributed by atoms with Gasteiger partial charge in [-0.1, -0.05) is 0 Å². The van der Waals surface area contributed by atoms with Crippen LogP contribution in [0, 0.1) is 12.8 Å². The second-order valence-corrected chi connectivity index (χ2v) is 6.05. The van der Waals surface area contributed by atoms with Gasteiger partial charge >= 0.3 is 0 Å². The van der Waals surface area contributed by atoms with Gasteiger partial charge in [-0.3, -0.25) is 4.98 Å². The quantitative estimate of drug-likeness (QED) is 0.791. The molecule has 0 bridgehead atoms. The van der Waals surface area contributed by atoms with Crippen molar-refractivity contribution in [2.24, 2.45) is 5.92 Å². The number of aryl methyl sites for hydroxylation is 1. The topological polar surface area (TPSA) is 19.4 Å². The maximum atomic E-state index is 6.03. The third kappa shape index (κ3) is 3.83. The number of nitrogens with zero attached hydrogens (tertiary/aromatic N) is 3. The van der Waals surface area contributed by atoms with Gasteiger partial charge in [-0.15, -0.1) is 11.6 Å². The molecule has 0 aromatic carbocycles. The van der Waals surface area contributed by atoms with Gasteiger partial charge in [0.05, 0.1) is 5.88 Å². The molecule has 19 heavy (non-hydrogen) atoms. The second-order valence-electron chi connectivity index (χ2n) is 5.78. The van der Waals surface area contributed by atoms with Gasteiger partial charge < -0.3 is 9.80 Å². The van der Waals surface area contributed by atoms with Crippen LogP contribution in [0.4, 0.5) is 5.69 Å². The average Bonchev–Trinajstić information content (AvgIpc) is 2.39. The lowest BCUT2D eigenvalue weighted by Gasteiger charge is -2.35. The third-order valence-electron chi connectivity index (χ3n) is 3.82. The first-order valence-corrected chi connectivity index (χ1v) is 7.54. The normalized spacial score (nSPS) is 17.2. The van der Waals surface area contributed by atoms with Crippen LogP contribution in [0.5, 0.6) is 0 Å². The van der Waals surface area contributed by atoms with Gasteiger partial charge in [0, 0.05) is 42.8 Å². The van der Waals surface area contributed by atoms with E-state index in [0.717, 1.165) is 30.3 Å². The molecule has 2 rings (SSSR count). The van der Waals surface area contributed by atoms with Crippen LogP contribution >= 0.6 is 11.6 Å². The summed E-state index contributed by atoms with van der Waals surface area (Å²) in [5, 5.41) is 0. The fourth-order valence-electron chi connectivity index (χ4n) is 2.84. The average molecular weight is 282 g/mol. The highest BCUT2D eigenvalue weighted by Crippen LogP contribution is 2.27. The number of rotatable bonds is 4. The summed E-state index contributed by atoms with van der Waals surface area (Å²) >= 11 is 6.03. The van der Waals surface area contributed by atoms with E-state index in [-0.39, 0.29) is 0 Å². The minimum Gasteiger partial charge on any atom is -0.371 e. The summed E-state index contributed by atoms with van der Waals surface area (Å²) in [7, 11) is 4.31. The molecule has 3 nitrogen and oxygen atoms in total. The Morgan fingerprint density at radius 3 is 2.63 bits per heavy atom. The van der Waals surface area contributed by atoms with Gasteiger partial charge in [-0.2, -0.15) is 0 Å². The highest BCUT2D eigenvalue weighted by atomic mass is 35.5. The maximum absolute atomic E-state index is 6.03. The first kappa shape index (κ1) is 14.6. The van der Waals surface area contributed by atoms with Crippen LogP contribution in [-0.2, 0) is 5.88 Å². The van der Waals surface area contributed by atoms with Crippen molar-refractivity contribution in [2.75, 3.05) is 38.6 Å². The number of hydrogen-bond donors (Lipinski definition) is 0. The van der Waals surface area contributed by atoms with Crippen LogP contribution in [0.25, 0.3) is 0 Å². The van der Waals surface area contributed by atoms with Crippen molar-refractivity contribution in [3.63, 3.8) is 0 Å². The number of alkyl halides is 1. The van der Waals surface area contributed by atoms with Crippen LogP contribution in [-0.4, -0.2) is 43.6 Å². The minimum atomic E-state index is 0.542. The molecule has 0 spiro atoms. The maximum Gasteiger partial charge on any atom is 0.0509 e. The van der Waals surface area contributed by atoms with Gasteiger partial charge in [-0.05, 0) is 45.8 Å². The van der Waals surface area contributed by atoms with Crippen molar-refractivity contribution in [2.45, 2.75) is 25.6 Å². The number of aromatic nitrogens is 1. The lowest BCUT2D eigenvalue weighted by molar-refractivity contribution is 0.285. The molecule has 0 aliphatic carbocycles. The van der Waals surface area contributed by atoms with Crippen molar-refractivity contribution in [1.29, 1.82) is 0 Å². The van der Waals surface area contributed by atoms with Gasteiger partial charge in [0.2, 0.25) is 0 Å². The van der Waals surface area contributed by atoms with E-state index < -0.39 is 0 Å². The van der Waals surface area contributed by atoms with E-state index in [9.17, 15) is 0 Å². The monoisotopic (exact) mass is 281 g/mol. The van der Waals surface area contributed by atoms with E-state index in [4.69, 9.17) is 11.6 Å². The number of pyridine rings is 1. The Bertz CT molecular complexity index is 412. The summed E-state index contributed by atoms with van der Waals surface area (Å²) in [5.74, 6) is 1.37. The highest BCUT2D eigenvalue weighted by molar-refractivity contribution is 6.17. The van der Waals surface area contributed by atoms with E-state index in [1.807, 2.05) is 13.1 Å². The SMILES string of the molecule is Cc1cc(N2CCC(CN(C)C)CC2)c(CCl)cn1. The molecule has 0 N–H and O–H groups in total. The summed E-state index contributed by atoms with van der Waals surface area (Å²) in [6.07, 6.45) is 4.45. The summed E-state index contributed by atoms with van der Waals surface area (Å²) in [6.45, 7) is 5.50. The van der Waals surface area contributed by atoms with Gasteiger partial charge in [0.15, 0.2) is 0 Å². The smallest absolute Gasteiger partial charge is 0.0509 e. The lowest BCUT2D eigenvalue weighted by atomic mass is 9.95. The molecule has 106 valence electrons. The predicted octanol–water partition coefficient (Wildman–Crippen LogP) is 2.91. The summed E-state index contributed by atoms with van der Waals surface area (Å²) < 4.78 is 0. The van der Waals surface area contributed by atoms with Crippen molar-refractivity contribution in [3.05, 3.63) is 23.5 Å². The molecule has 1 aliphatic heterocycles. The van der Waals surface area contributed by atoms with E-state index in [1.54, 1.807) is 0 Å². The highest BCUT2D eigenvalue weighted by Gasteiger charge is 2.21. The summed E-state index contributed by atoms with van der Waals surface area (Å²) in [6, 6.07) is 2.17. The Morgan fingerprint density at radius 1 is 1.37 bits per heavy atom. The molecular formula is C15H24ClN3. The van der Waals surface area contributed by atoms with E-state index in [2.05, 4.69) is 34.9 Å². The van der Waals surface area contributed by atoms with Gasteiger partial charge in [0.25, 0.3) is 0 Å². The standard InChI is InChI=1S/C15H24ClN3/c1-12-8-15(14(9-16)10-17-12)19-6-4-13(5-7-19)11-18(2)3/h8,10,13H,4-7,9,11H2,1-3H3. The van der Waals surface area contributed by atoms with Crippen molar-refractivity contribution < 1.29 is 0 Å². The molecule has 2 heterocycles.